The van der Waals surface area contributed by atoms with Gasteiger partial charge < -0.3 is 4.74 Å². The summed E-state index contributed by atoms with van der Waals surface area (Å²) in [6.45, 7) is 1.20. The number of rotatable bonds is 5. The van der Waals surface area contributed by atoms with E-state index in [2.05, 4.69) is 20.9 Å². The molecule has 1 aromatic carbocycles. The Morgan fingerprint density at radius 3 is 2.83 bits per heavy atom. The summed E-state index contributed by atoms with van der Waals surface area (Å²) in [7, 11) is 0. The Morgan fingerprint density at radius 1 is 1.52 bits per heavy atom. The molecule has 2 rings (SSSR count). The monoisotopic (exact) mass is 396 g/mol. The highest BCUT2D eigenvalue weighted by molar-refractivity contribution is 9.10. The number of halogens is 2. The quantitative estimate of drug-likeness (QED) is 0.723. The minimum atomic E-state index is -1.07. The van der Waals surface area contributed by atoms with Crippen molar-refractivity contribution >= 4 is 39.0 Å². The molecule has 0 bridgehead atoms. The van der Waals surface area contributed by atoms with Gasteiger partial charge in [0.05, 0.1) is 11.6 Å². The van der Waals surface area contributed by atoms with Crippen molar-refractivity contribution in [1.29, 1.82) is 5.26 Å². The Labute approximate surface area is 143 Å². The van der Waals surface area contributed by atoms with Gasteiger partial charge in [-0.2, -0.15) is 5.26 Å². The van der Waals surface area contributed by atoms with Crippen molar-refractivity contribution < 1.29 is 18.7 Å². The average Bonchev–Trinajstić information content (AvgIpc) is 2.92. The summed E-state index contributed by atoms with van der Waals surface area (Å²) >= 11 is 4.25. The van der Waals surface area contributed by atoms with Crippen LogP contribution in [0.5, 0.6) is 0 Å². The van der Waals surface area contributed by atoms with E-state index in [0.717, 1.165) is 12.1 Å². The number of aryl methyl sites for hydroxylation is 1. The Hall–Kier alpha value is -2.11. The van der Waals surface area contributed by atoms with E-state index in [0.29, 0.717) is 10.7 Å². The molecule has 0 aliphatic heterocycles. The van der Waals surface area contributed by atoms with Crippen LogP contribution in [-0.2, 0) is 9.53 Å². The van der Waals surface area contributed by atoms with Gasteiger partial charge in [-0.3, -0.25) is 4.79 Å². The lowest BCUT2D eigenvalue weighted by molar-refractivity contribution is -0.122. The molecule has 0 radical (unpaired) electrons. The molecule has 0 N–H and O–H groups in total. The standard InChI is InChI=1S/C15H10BrFN2O3S/c1-8-7-23-14(19-8)11(5-18)13(20)6-22-15(21)10-3-2-9(17)4-12(10)16/h2-4,7,11H,6H2,1H3/t11-/m0/s1. The summed E-state index contributed by atoms with van der Waals surface area (Å²) in [5.41, 5.74) is 0.808. The Bertz CT molecular complexity index is 800. The summed E-state index contributed by atoms with van der Waals surface area (Å²) < 4.78 is 18.1. The third-order valence-corrected chi connectivity index (χ3v) is 4.51. The van der Waals surface area contributed by atoms with Crippen molar-refractivity contribution in [3.05, 3.63) is 50.1 Å². The van der Waals surface area contributed by atoms with E-state index in [1.165, 1.54) is 17.4 Å². The summed E-state index contributed by atoms with van der Waals surface area (Å²) in [6, 6.07) is 5.34. The number of nitrogens with zero attached hydrogens (tertiary/aromatic N) is 2. The summed E-state index contributed by atoms with van der Waals surface area (Å²) in [5.74, 6) is -2.92. The third-order valence-electron chi connectivity index (χ3n) is 2.83. The smallest absolute Gasteiger partial charge is 0.339 e. The van der Waals surface area contributed by atoms with Gasteiger partial charge in [0.1, 0.15) is 10.8 Å². The molecule has 1 atom stereocenters. The van der Waals surface area contributed by atoms with Gasteiger partial charge >= 0.3 is 5.97 Å². The van der Waals surface area contributed by atoms with Crippen LogP contribution in [0.15, 0.2) is 28.1 Å². The van der Waals surface area contributed by atoms with Gasteiger partial charge in [0.15, 0.2) is 18.3 Å². The van der Waals surface area contributed by atoms with E-state index in [1.54, 1.807) is 12.3 Å². The zero-order valence-corrected chi connectivity index (χ0v) is 14.3. The molecule has 0 amide bonds. The van der Waals surface area contributed by atoms with E-state index >= 15 is 0 Å². The van der Waals surface area contributed by atoms with E-state index in [4.69, 9.17) is 10.00 Å². The fourth-order valence-electron chi connectivity index (χ4n) is 1.72. The average molecular weight is 397 g/mol. The van der Waals surface area contributed by atoms with Gasteiger partial charge in [-0.25, -0.2) is 14.2 Å². The van der Waals surface area contributed by atoms with E-state index in [1.807, 2.05) is 6.07 Å². The first-order valence-corrected chi connectivity index (χ1v) is 8.06. The first-order valence-electron chi connectivity index (χ1n) is 6.39. The first-order chi connectivity index (χ1) is 10.9. The van der Waals surface area contributed by atoms with Crippen LogP contribution in [0.3, 0.4) is 0 Å². The molecule has 118 valence electrons. The number of benzene rings is 1. The summed E-state index contributed by atoms with van der Waals surface area (Å²) in [6.07, 6.45) is 0. The van der Waals surface area contributed by atoms with Crippen LogP contribution in [0.25, 0.3) is 0 Å². The lowest BCUT2D eigenvalue weighted by Gasteiger charge is -2.08. The normalized spacial score (nSPS) is 11.6. The molecule has 5 nitrogen and oxygen atoms in total. The van der Waals surface area contributed by atoms with Gasteiger partial charge in [-0.05, 0) is 41.1 Å². The number of hydrogen-bond acceptors (Lipinski definition) is 6. The van der Waals surface area contributed by atoms with Crippen molar-refractivity contribution in [2.75, 3.05) is 6.61 Å². The molecule has 0 fully saturated rings. The number of nitriles is 1. The van der Waals surface area contributed by atoms with Crippen LogP contribution in [0, 0.1) is 24.1 Å². The fraction of sp³-hybridized carbons (Fsp3) is 0.200. The molecule has 0 spiro atoms. The molecule has 0 aliphatic carbocycles. The highest BCUT2D eigenvalue weighted by atomic mass is 79.9. The SMILES string of the molecule is Cc1csc([C@@H](C#N)C(=O)COC(=O)c2ccc(F)cc2Br)n1. The van der Waals surface area contributed by atoms with Crippen LogP contribution < -0.4 is 0 Å². The predicted octanol–water partition coefficient (Wildman–Crippen LogP) is 3.39. The number of ketones is 1. The largest absolute Gasteiger partial charge is 0.454 e. The molecule has 2 aromatic rings. The number of carbonyl (C=O) groups excluding carboxylic acids is 2. The maximum atomic E-state index is 13.0. The van der Waals surface area contributed by atoms with E-state index in [9.17, 15) is 14.0 Å². The molecule has 0 saturated carbocycles. The highest BCUT2D eigenvalue weighted by Crippen LogP contribution is 2.22. The lowest BCUT2D eigenvalue weighted by atomic mass is 10.1. The molecule has 0 aliphatic rings. The van der Waals surface area contributed by atoms with Crippen LogP contribution in [-0.4, -0.2) is 23.3 Å². The van der Waals surface area contributed by atoms with Crippen molar-refractivity contribution in [2.24, 2.45) is 0 Å². The molecule has 1 heterocycles. The molecule has 8 heteroatoms. The number of Topliss-reactive ketones (excluding diaryl/α,β-unsaturated/α-hetero) is 1. The maximum absolute atomic E-state index is 13.0. The predicted molar refractivity (Wildman–Crippen MR) is 84.6 cm³/mol. The van der Waals surface area contributed by atoms with Crippen LogP contribution in [0.2, 0.25) is 0 Å². The molecular formula is C15H10BrFN2O3S. The van der Waals surface area contributed by atoms with Crippen molar-refractivity contribution in [2.45, 2.75) is 12.8 Å². The number of ether oxygens (including phenoxy) is 1. The zero-order valence-electron chi connectivity index (χ0n) is 11.9. The zero-order chi connectivity index (χ0) is 17.0. The second-order valence-electron chi connectivity index (χ2n) is 4.56. The van der Waals surface area contributed by atoms with Crippen molar-refractivity contribution in [1.82, 2.24) is 4.98 Å². The van der Waals surface area contributed by atoms with Gasteiger partial charge in [0.25, 0.3) is 0 Å². The van der Waals surface area contributed by atoms with Gasteiger partial charge in [-0.15, -0.1) is 11.3 Å². The van der Waals surface area contributed by atoms with E-state index < -0.39 is 30.1 Å². The number of carbonyl (C=O) groups is 2. The van der Waals surface area contributed by atoms with Gasteiger partial charge in [0, 0.05) is 15.5 Å². The number of hydrogen-bond donors (Lipinski definition) is 0. The molecule has 0 saturated heterocycles. The lowest BCUT2D eigenvalue weighted by Crippen LogP contribution is -2.20. The molecule has 23 heavy (non-hydrogen) atoms. The van der Waals surface area contributed by atoms with Crippen molar-refractivity contribution in [3.8, 4) is 6.07 Å². The number of esters is 1. The Kier molecular flexibility index (Phi) is 5.58. The van der Waals surface area contributed by atoms with Crippen LogP contribution in [0.4, 0.5) is 4.39 Å². The first kappa shape index (κ1) is 17.2. The summed E-state index contributed by atoms with van der Waals surface area (Å²) in [5, 5.41) is 11.2. The topological polar surface area (TPSA) is 80.0 Å². The van der Waals surface area contributed by atoms with Crippen LogP contribution >= 0.6 is 27.3 Å². The second kappa shape index (κ2) is 7.44. The second-order valence-corrected chi connectivity index (χ2v) is 6.30. The molecular weight excluding hydrogens is 387 g/mol. The summed E-state index contributed by atoms with van der Waals surface area (Å²) in [4.78, 5) is 28.1. The number of aromatic nitrogens is 1. The molecule has 1 aromatic heterocycles. The maximum Gasteiger partial charge on any atom is 0.339 e. The molecule has 0 unspecified atom stereocenters. The Morgan fingerprint density at radius 2 is 2.26 bits per heavy atom. The third kappa shape index (κ3) is 4.21. The van der Waals surface area contributed by atoms with Crippen molar-refractivity contribution in [3.63, 3.8) is 0 Å². The van der Waals surface area contributed by atoms with E-state index in [-0.39, 0.29) is 10.0 Å². The van der Waals surface area contributed by atoms with Gasteiger partial charge in [0.2, 0.25) is 0 Å². The fourth-order valence-corrected chi connectivity index (χ4v) is 3.10. The Balaban J connectivity index is 2.03. The highest BCUT2D eigenvalue weighted by Gasteiger charge is 2.25. The minimum Gasteiger partial charge on any atom is -0.454 e. The number of thiazole rings is 1. The minimum absolute atomic E-state index is 0.0952. The van der Waals surface area contributed by atoms with Crippen LogP contribution in [0.1, 0.15) is 27.0 Å². The van der Waals surface area contributed by atoms with Gasteiger partial charge in [-0.1, -0.05) is 0 Å².